The summed E-state index contributed by atoms with van der Waals surface area (Å²) >= 11 is 5.67. The van der Waals surface area contributed by atoms with E-state index in [1.54, 1.807) is 0 Å². The second-order valence-corrected chi connectivity index (χ2v) is 11.7. The Hall–Kier alpha value is -2.61. The van der Waals surface area contributed by atoms with Gasteiger partial charge >= 0.3 is 0 Å². The van der Waals surface area contributed by atoms with E-state index in [0.717, 1.165) is 37.8 Å². The van der Waals surface area contributed by atoms with Gasteiger partial charge in [-0.2, -0.15) is 9.97 Å². The maximum Gasteiger partial charge on any atom is 0.232 e. The van der Waals surface area contributed by atoms with Crippen molar-refractivity contribution in [2.24, 2.45) is 11.8 Å². The highest BCUT2D eigenvalue weighted by Gasteiger charge is 2.25. The minimum absolute atomic E-state index is 0.558. The van der Waals surface area contributed by atoms with Crippen LogP contribution in [0.1, 0.15) is 64.4 Å². The van der Waals surface area contributed by atoms with Crippen LogP contribution < -0.4 is 25.3 Å². The lowest BCUT2D eigenvalue weighted by molar-refractivity contribution is 0.355. The molecular weight excluding hydrogens is 478 g/mol. The molecule has 0 saturated carbocycles. The molecule has 0 unspecified atom stereocenters. The minimum Gasteiger partial charge on any atom is -0.372 e. The summed E-state index contributed by atoms with van der Waals surface area (Å²) in [6.45, 7) is 11.9. The molecule has 0 amide bonds. The predicted octanol–water partition coefficient (Wildman–Crippen LogP) is 5.43. The van der Waals surface area contributed by atoms with E-state index in [2.05, 4.69) is 69.5 Å². The van der Waals surface area contributed by atoms with E-state index in [-0.39, 0.29) is 0 Å². The van der Waals surface area contributed by atoms with E-state index in [0.29, 0.717) is 29.4 Å². The van der Waals surface area contributed by atoms with E-state index in [1.807, 2.05) is 0 Å². The summed E-state index contributed by atoms with van der Waals surface area (Å²) in [4.78, 5) is 17.2. The fourth-order valence-corrected chi connectivity index (χ4v) is 6.24. The number of benzene rings is 1. The summed E-state index contributed by atoms with van der Waals surface area (Å²) in [6.07, 6.45) is 8.90. The molecule has 37 heavy (non-hydrogen) atoms. The predicted molar refractivity (Wildman–Crippen MR) is 159 cm³/mol. The Balaban J connectivity index is 1.27. The zero-order valence-corrected chi connectivity index (χ0v) is 23.4. The summed E-state index contributed by atoms with van der Waals surface area (Å²) in [7, 11) is 0. The maximum absolute atomic E-state index is 5.67. The van der Waals surface area contributed by atoms with Gasteiger partial charge in [0.05, 0.1) is 0 Å². The van der Waals surface area contributed by atoms with Gasteiger partial charge in [0.25, 0.3) is 0 Å². The molecule has 3 saturated heterocycles. The van der Waals surface area contributed by atoms with Crippen LogP contribution in [0.15, 0.2) is 30.3 Å². The molecule has 200 valence electrons. The molecule has 0 aliphatic carbocycles. The third-order valence-corrected chi connectivity index (χ3v) is 8.15. The van der Waals surface area contributed by atoms with Gasteiger partial charge in [-0.05, 0) is 73.9 Å². The van der Waals surface area contributed by atoms with Crippen LogP contribution in [0.3, 0.4) is 0 Å². The van der Waals surface area contributed by atoms with Crippen LogP contribution in [0.2, 0.25) is 0 Å². The zero-order chi connectivity index (χ0) is 25.6. The first kappa shape index (κ1) is 26.0. The highest BCUT2D eigenvalue weighted by molar-refractivity contribution is 7.80. The lowest BCUT2D eigenvalue weighted by Gasteiger charge is -2.36. The molecule has 1 aromatic heterocycles. The zero-order valence-electron chi connectivity index (χ0n) is 22.6. The Morgan fingerprint density at radius 1 is 0.811 bits per heavy atom. The number of thiocarbonyl (C=S) groups is 1. The molecule has 0 bridgehead atoms. The third kappa shape index (κ3) is 7.03. The molecule has 4 heterocycles. The Kier molecular flexibility index (Phi) is 8.64. The summed E-state index contributed by atoms with van der Waals surface area (Å²) in [5.41, 5.74) is 2.53. The van der Waals surface area contributed by atoms with E-state index >= 15 is 0 Å². The molecule has 3 aliphatic rings. The molecule has 2 aromatic rings. The van der Waals surface area contributed by atoms with E-state index in [9.17, 15) is 0 Å². The Morgan fingerprint density at radius 2 is 1.38 bits per heavy atom. The SMILES string of the molecule is C[C@@H]1C[C@H](C)CN(c2cc(N3CCCCCC3)nc(NC(=S)NCc3ccc(N4CCCC4)cc3)n2)C1. The van der Waals surface area contributed by atoms with Crippen LogP contribution in [0.5, 0.6) is 0 Å². The lowest BCUT2D eigenvalue weighted by Crippen LogP contribution is -2.39. The highest BCUT2D eigenvalue weighted by Crippen LogP contribution is 2.29. The molecule has 5 rings (SSSR count). The molecule has 0 spiro atoms. The molecule has 2 N–H and O–H groups in total. The Labute approximate surface area is 228 Å². The lowest BCUT2D eigenvalue weighted by atomic mass is 9.92. The fourth-order valence-electron chi connectivity index (χ4n) is 6.08. The first-order chi connectivity index (χ1) is 18.0. The molecule has 8 heteroatoms. The molecular formula is C29H43N7S. The number of nitrogens with one attached hydrogen (secondary N) is 2. The molecule has 7 nitrogen and oxygen atoms in total. The van der Waals surface area contributed by atoms with Crippen molar-refractivity contribution >= 4 is 40.6 Å². The molecule has 3 aliphatic heterocycles. The van der Waals surface area contributed by atoms with Crippen LogP contribution in [0.25, 0.3) is 0 Å². The van der Waals surface area contributed by atoms with Gasteiger partial charge in [-0.15, -0.1) is 0 Å². The standard InChI is InChI=1S/C29H43N7S/c1-22-17-23(2)21-36(20-22)27-18-26(35-15-5-3-4-6-16-35)31-28(32-27)33-29(37)30-19-24-9-11-25(12-10-24)34-13-7-8-14-34/h9-12,18,22-23H,3-8,13-17,19-21H2,1-2H3,(H2,30,31,32,33,37)/t22-,23+. The minimum atomic E-state index is 0.558. The monoisotopic (exact) mass is 521 g/mol. The maximum atomic E-state index is 5.67. The molecule has 1 aromatic carbocycles. The second kappa shape index (κ2) is 12.3. The summed E-state index contributed by atoms with van der Waals surface area (Å²) in [5.74, 6) is 3.94. The van der Waals surface area contributed by atoms with Crippen molar-refractivity contribution in [3.05, 3.63) is 35.9 Å². The van der Waals surface area contributed by atoms with Gasteiger partial charge in [-0.3, -0.25) is 0 Å². The first-order valence-electron chi connectivity index (χ1n) is 14.3. The average molecular weight is 522 g/mol. The van der Waals surface area contributed by atoms with Gasteiger partial charge in [0, 0.05) is 57.6 Å². The smallest absolute Gasteiger partial charge is 0.232 e. The summed E-state index contributed by atoms with van der Waals surface area (Å²) in [5, 5.41) is 7.22. The topological polar surface area (TPSA) is 59.6 Å². The largest absolute Gasteiger partial charge is 0.372 e. The van der Waals surface area contributed by atoms with E-state index in [4.69, 9.17) is 22.2 Å². The molecule has 2 atom stereocenters. The van der Waals surface area contributed by atoms with Crippen molar-refractivity contribution in [3.63, 3.8) is 0 Å². The van der Waals surface area contributed by atoms with E-state index in [1.165, 1.54) is 69.3 Å². The third-order valence-electron chi connectivity index (χ3n) is 7.91. The van der Waals surface area contributed by atoms with Gasteiger partial charge < -0.3 is 25.3 Å². The quantitative estimate of drug-likeness (QED) is 0.489. The number of hydrogen-bond donors (Lipinski definition) is 2. The average Bonchev–Trinajstić information content (AvgIpc) is 3.29. The number of anilines is 4. The van der Waals surface area contributed by atoms with Gasteiger partial charge in [0.2, 0.25) is 5.95 Å². The van der Waals surface area contributed by atoms with Crippen LogP contribution >= 0.6 is 12.2 Å². The van der Waals surface area contributed by atoms with E-state index < -0.39 is 0 Å². The van der Waals surface area contributed by atoms with Crippen molar-refractivity contribution in [1.29, 1.82) is 0 Å². The van der Waals surface area contributed by atoms with Gasteiger partial charge in [-0.1, -0.05) is 38.8 Å². The Bertz CT molecular complexity index is 1020. The van der Waals surface area contributed by atoms with Crippen molar-refractivity contribution in [3.8, 4) is 0 Å². The number of piperidine rings is 1. The summed E-state index contributed by atoms with van der Waals surface area (Å²) in [6, 6.07) is 11.0. The van der Waals surface area contributed by atoms with Crippen LogP contribution in [-0.4, -0.2) is 54.3 Å². The van der Waals surface area contributed by atoms with Crippen LogP contribution in [0.4, 0.5) is 23.3 Å². The van der Waals surface area contributed by atoms with Gasteiger partial charge in [0.15, 0.2) is 5.11 Å². The van der Waals surface area contributed by atoms with Crippen molar-refractivity contribution in [2.75, 3.05) is 59.3 Å². The normalized spacial score (nSPS) is 22.6. The summed E-state index contributed by atoms with van der Waals surface area (Å²) < 4.78 is 0. The van der Waals surface area contributed by atoms with Crippen molar-refractivity contribution in [2.45, 2.75) is 65.3 Å². The number of nitrogens with zero attached hydrogens (tertiary/aromatic N) is 5. The Morgan fingerprint density at radius 3 is 2.03 bits per heavy atom. The van der Waals surface area contributed by atoms with Crippen molar-refractivity contribution < 1.29 is 0 Å². The van der Waals surface area contributed by atoms with Gasteiger partial charge in [0.1, 0.15) is 11.6 Å². The van der Waals surface area contributed by atoms with Crippen molar-refractivity contribution in [1.82, 2.24) is 15.3 Å². The fraction of sp³-hybridized carbons (Fsp3) is 0.621. The molecule has 3 fully saturated rings. The van der Waals surface area contributed by atoms with Crippen LogP contribution in [-0.2, 0) is 6.54 Å². The number of rotatable bonds is 6. The first-order valence-corrected chi connectivity index (χ1v) is 14.7. The number of aromatic nitrogens is 2. The van der Waals surface area contributed by atoms with Gasteiger partial charge in [-0.25, -0.2) is 0 Å². The molecule has 0 radical (unpaired) electrons. The van der Waals surface area contributed by atoms with Crippen LogP contribution in [0, 0.1) is 11.8 Å². The number of hydrogen-bond acceptors (Lipinski definition) is 6. The highest BCUT2D eigenvalue weighted by atomic mass is 32.1. The second-order valence-electron chi connectivity index (χ2n) is 11.3.